The van der Waals surface area contributed by atoms with E-state index in [4.69, 9.17) is 4.74 Å². The number of hydrogen-bond acceptors (Lipinski definition) is 3. The fourth-order valence-electron chi connectivity index (χ4n) is 2.26. The van der Waals surface area contributed by atoms with E-state index < -0.39 is 0 Å². The average molecular weight is 232 g/mol. The van der Waals surface area contributed by atoms with E-state index >= 15 is 0 Å². The van der Waals surface area contributed by atoms with Crippen molar-refractivity contribution in [2.24, 2.45) is 0 Å². The van der Waals surface area contributed by atoms with Crippen molar-refractivity contribution in [1.29, 1.82) is 0 Å². The van der Waals surface area contributed by atoms with Crippen molar-refractivity contribution in [3.63, 3.8) is 0 Å². The molecule has 2 N–H and O–H groups in total. The molecule has 90 valence electrons. The molecule has 0 radical (unpaired) electrons. The molecule has 1 fully saturated rings. The van der Waals surface area contributed by atoms with Gasteiger partial charge in [-0.3, -0.25) is 4.90 Å². The Labute approximate surface area is 99.8 Å². The van der Waals surface area contributed by atoms with Gasteiger partial charge in [-0.1, -0.05) is 0 Å². The van der Waals surface area contributed by atoms with Gasteiger partial charge in [-0.25, -0.2) is 0 Å². The molecule has 3 rings (SSSR count). The molecule has 0 bridgehead atoms. The SMILES string of the molecule is Oc1ccc2cc(CN3CCOCC3)[nH]c2c1. The van der Waals surface area contributed by atoms with E-state index in [9.17, 15) is 5.11 Å². The summed E-state index contributed by atoms with van der Waals surface area (Å²) in [5.74, 6) is 0.303. The molecule has 1 aromatic carbocycles. The number of nitrogens with one attached hydrogen (secondary N) is 1. The van der Waals surface area contributed by atoms with Crippen LogP contribution in [0.5, 0.6) is 5.75 Å². The highest BCUT2D eigenvalue weighted by Gasteiger charge is 2.11. The second-order valence-electron chi connectivity index (χ2n) is 4.45. The van der Waals surface area contributed by atoms with Crippen molar-refractivity contribution in [3.8, 4) is 5.75 Å². The Morgan fingerprint density at radius 2 is 2.06 bits per heavy atom. The van der Waals surface area contributed by atoms with E-state index in [2.05, 4.69) is 16.0 Å². The average Bonchev–Trinajstić information content (AvgIpc) is 2.71. The molecule has 0 atom stereocenters. The highest BCUT2D eigenvalue weighted by molar-refractivity contribution is 5.81. The Morgan fingerprint density at radius 1 is 1.24 bits per heavy atom. The summed E-state index contributed by atoms with van der Waals surface area (Å²) < 4.78 is 5.33. The highest BCUT2D eigenvalue weighted by Crippen LogP contribution is 2.21. The van der Waals surface area contributed by atoms with Crippen molar-refractivity contribution >= 4 is 10.9 Å². The normalized spacial score (nSPS) is 17.6. The predicted octanol–water partition coefficient (Wildman–Crippen LogP) is 1.71. The molecule has 0 amide bonds. The van der Waals surface area contributed by atoms with Crippen LogP contribution in [0.25, 0.3) is 10.9 Å². The number of nitrogens with zero attached hydrogens (tertiary/aromatic N) is 1. The number of aromatic hydroxyl groups is 1. The Bertz CT molecular complexity index is 515. The molecule has 4 heteroatoms. The number of morpholine rings is 1. The summed E-state index contributed by atoms with van der Waals surface area (Å²) in [6.07, 6.45) is 0. The Kier molecular flexibility index (Phi) is 2.74. The summed E-state index contributed by atoms with van der Waals surface area (Å²) in [5.41, 5.74) is 2.18. The summed E-state index contributed by atoms with van der Waals surface area (Å²) in [7, 11) is 0. The van der Waals surface area contributed by atoms with Gasteiger partial charge in [0.2, 0.25) is 0 Å². The van der Waals surface area contributed by atoms with E-state index in [0.717, 1.165) is 43.8 Å². The molecule has 1 saturated heterocycles. The molecule has 17 heavy (non-hydrogen) atoms. The molecule has 4 nitrogen and oxygen atoms in total. The third-order valence-electron chi connectivity index (χ3n) is 3.16. The summed E-state index contributed by atoms with van der Waals surface area (Å²) in [6, 6.07) is 7.56. The summed E-state index contributed by atoms with van der Waals surface area (Å²) in [5, 5.41) is 10.6. The molecule has 0 unspecified atom stereocenters. The first-order chi connectivity index (χ1) is 8.31. The lowest BCUT2D eigenvalue weighted by molar-refractivity contribution is 0.0337. The van der Waals surface area contributed by atoms with Crippen LogP contribution in [0.15, 0.2) is 24.3 Å². The van der Waals surface area contributed by atoms with Crippen LogP contribution in [0.4, 0.5) is 0 Å². The van der Waals surface area contributed by atoms with Gasteiger partial charge in [-0.2, -0.15) is 0 Å². The minimum Gasteiger partial charge on any atom is -0.508 e. The number of benzene rings is 1. The maximum absolute atomic E-state index is 9.41. The molecule has 2 aromatic rings. The molecule has 0 aliphatic carbocycles. The van der Waals surface area contributed by atoms with Gasteiger partial charge in [0.05, 0.1) is 13.2 Å². The zero-order valence-electron chi connectivity index (χ0n) is 9.65. The van der Waals surface area contributed by atoms with Gasteiger partial charge in [-0.15, -0.1) is 0 Å². The van der Waals surface area contributed by atoms with Gasteiger partial charge in [-0.05, 0) is 23.6 Å². The van der Waals surface area contributed by atoms with Crippen LogP contribution in [0.2, 0.25) is 0 Å². The van der Waals surface area contributed by atoms with Crippen LogP contribution < -0.4 is 0 Å². The fraction of sp³-hybridized carbons (Fsp3) is 0.385. The van der Waals surface area contributed by atoms with Crippen LogP contribution >= 0.6 is 0 Å². The molecule has 0 spiro atoms. The molecule has 1 aromatic heterocycles. The first kappa shape index (κ1) is 10.6. The van der Waals surface area contributed by atoms with E-state index in [1.807, 2.05) is 6.07 Å². The van der Waals surface area contributed by atoms with Crippen molar-refractivity contribution in [2.45, 2.75) is 6.54 Å². The summed E-state index contributed by atoms with van der Waals surface area (Å²) >= 11 is 0. The predicted molar refractivity (Wildman–Crippen MR) is 66.1 cm³/mol. The number of hydrogen-bond donors (Lipinski definition) is 2. The van der Waals surface area contributed by atoms with Crippen molar-refractivity contribution < 1.29 is 9.84 Å². The van der Waals surface area contributed by atoms with Gasteiger partial charge < -0.3 is 14.8 Å². The summed E-state index contributed by atoms with van der Waals surface area (Å²) in [6.45, 7) is 4.53. The lowest BCUT2D eigenvalue weighted by atomic mass is 10.2. The number of fused-ring (bicyclic) bond motifs is 1. The minimum absolute atomic E-state index is 0.303. The first-order valence-electron chi connectivity index (χ1n) is 5.92. The maximum Gasteiger partial charge on any atom is 0.117 e. The molecular weight excluding hydrogens is 216 g/mol. The van der Waals surface area contributed by atoms with Crippen LogP contribution in [0.1, 0.15) is 5.69 Å². The van der Waals surface area contributed by atoms with E-state index in [0.29, 0.717) is 5.75 Å². The Hall–Kier alpha value is -1.52. The minimum atomic E-state index is 0.303. The quantitative estimate of drug-likeness (QED) is 0.828. The van der Waals surface area contributed by atoms with Crippen molar-refractivity contribution in [3.05, 3.63) is 30.0 Å². The van der Waals surface area contributed by atoms with Crippen molar-refractivity contribution in [2.75, 3.05) is 26.3 Å². The molecule has 0 saturated carbocycles. The van der Waals surface area contributed by atoms with E-state index in [1.54, 1.807) is 12.1 Å². The number of aromatic amines is 1. The van der Waals surface area contributed by atoms with Gasteiger partial charge in [0, 0.05) is 36.9 Å². The second kappa shape index (κ2) is 4.39. The molecule has 2 heterocycles. The van der Waals surface area contributed by atoms with Gasteiger partial charge in [0.25, 0.3) is 0 Å². The maximum atomic E-state index is 9.41. The number of ether oxygens (including phenoxy) is 1. The van der Waals surface area contributed by atoms with Gasteiger partial charge >= 0.3 is 0 Å². The number of rotatable bonds is 2. The second-order valence-corrected chi connectivity index (χ2v) is 4.45. The molecule has 1 aliphatic rings. The third kappa shape index (κ3) is 2.28. The third-order valence-corrected chi connectivity index (χ3v) is 3.16. The molecular formula is C13H16N2O2. The van der Waals surface area contributed by atoms with Crippen LogP contribution in [-0.4, -0.2) is 41.3 Å². The summed E-state index contributed by atoms with van der Waals surface area (Å²) in [4.78, 5) is 5.71. The van der Waals surface area contributed by atoms with Crippen LogP contribution in [-0.2, 0) is 11.3 Å². The van der Waals surface area contributed by atoms with Crippen LogP contribution in [0.3, 0.4) is 0 Å². The lowest BCUT2D eigenvalue weighted by Gasteiger charge is -2.25. The standard InChI is InChI=1S/C13H16N2O2/c16-12-2-1-10-7-11(14-13(10)8-12)9-15-3-5-17-6-4-15/h1-2,7-8,14,16H,3-6,9H2. The monoisotopic (exact) mass is 232 g/mol. The lowest BCUT2D eigenvalue weighted by Crippen LogP contribution is -2.35. The number of aromatic nitrogens is 1. The van der Waals surface area contributed by atoms with Gasteiger partial charge in [0.15, 0.2) is 0 Å². The number of phenolic OH excluding ortho intramolecular Hbond substituents is 1. The topological polar surface area (TPSA) is 48.5 Å². The number of phenols is 1. The Morgan fingerprint density at radius 3 is 2.88 bits per heavy atom. The Balaban J connectivity index is 1.80. The number of H-pyrrole nitrogens is 1. The van der Waals surface area contributed by atoms with Crippen LogP contribution in [0, 0.1) is 0 Å². The van der Waals surface area contributed by atoms with Crippen molar-refractivity contribution in [1.82, 2.24) is 9.88 Å². The fourth-order valence-corrected chi connectivity index (χ4v) is 2.26. The van der Waals surface area contributed by atoms with E-state index in [1.165, 1.54) is 5.69 Å². The largest absolute Gasteiger partial charge is 0.508 e. The highest BCUT2D eigenvalue weighted by atomic mass is 16.5. The zero-order valence-corrected chi connectivity index (χ0v) is 9.65. The molecule has 1 aliphatic heterocycles. The van der Waals surface area contributed by atoms with E-state index in [-0.39, 0.29) is 0 Å². The zero-order chi connectivity index (χ0) is 11.7. The van der Waals surface area contributed by atoms with Gasteiger partial charge in [0.1, 0.15) is 5.75 Å². The first-order valence-corrected chi connectivity index (χ1v) is 5.92. The smallest absolute Gasteiger partial charge is 0.117 e.